The van der Waals surface area contributed by atoms with E-state index in [4.69, 9.17) is 4.74 Å². The molecule has 2 aromatic carbocycles. The fourth-order valence-corrected chi connectivity index (χ4v) is 4.16. The molecule has 168 valence electrons. The highest BCUT2D eigenvalue weighted by Crippen LogP contribution is 2.35. The Balaban J connectivity index is 1.70. The van der Waals surface area contributed by atoms with Crippen molar-refractivity contribution in [2.45, 2.75) is 26.9 Å². The van der Waals surface area contributed by atoms with Crippen LogP contribution in [0.25, 0.3) is 5.57 Å². The first kappa shape index (κ1) is 22.0. The fourth-order valence-electron chi connectivity index (χ4n) is 4.16. The predicted octanol–water partition coefficient (Wildman–Crippen LogP) is 3.53. The molecule has 6 nitrogen and oxygen atoms in total. The van der Waals surface area contributed by atoms with Crippen LogP contribution in [0.5, 0.6) is 5.75 Å². The highest BCUT2D eigenvalue weighted by Gasteiger charge is 2.43. The van der Waals surface area contributed by atoms with Gasteiger partial charge < -0.3 is 14.5 Å². The molecule has 1 saturated heterocycles. The summed E-state index contributed by atoms with van der Waals surface area (Å²) in [6, 6.07) is 12.7. The van der Waals surface area contributed by atoms with Crippen LogP contribution >= 0.6 is 0 Å². The molecule has 2 aliphatic heterocycles. The van der Waals surface area contributed by atoms with Gasteiger partial charge in [0.2, 0.25) is 0 Å². The zero-order chi connectivity index (χ0) is 22.8. The average molecular weight is 438 g/mol. The Morgan fingerprint density at radius 2 is 1.53 bits per heavy atom. The Morgan fingerprint density at radius 1 is 0.906 bits per heavy atom. The minimum absolute atomic E-state index is 0.0241. The number of carbonyl (C=O) groups excluding carboxylic acids is 2. The molecule has 0 spiro atoms. The maximum absolute atomic E-state index is 13.6. The van der Waals surface area contributed by atoms with E-state index in [0.29, 0.717) is 41.4 Å². The second kappa shape index (κ2) is 9.12. The van der Waals surface area contributed by atoms with Crippen molar-refractivity contribution in [3.8, 4) is 5.75 Å². The van der Waals surface area contributed by atoms with Crippen molar-refractivity contribution in [1.29, 1.82) is 0 Å². The lowest BCUT2D eigenvalue weighted by molar-refractivity contribution is -0.120. The molecule has 0 N–H and O–H groups in total. The minimum Gasteiger partial charge on any atom is -0.491 e. The standard InChI is InChI=1S/C25H28FN3O3/c1-4-27-13-15-28(16-14-27)23-22(18-5-7-19(26)8-6-18)24(30)29(25(23)31)20-9-11-21(12-10-20)32-17(2)3/h5-12,17H,4,13-16H2,1-3H3. The number of imide groups is 1. The van der Waals surface area contributed by atoms with E-state index in [9.17, 15) is 14.0 Å². The van der Waals surface area contributed by atoms with E-state index >= 15 is 0 Å². The molecule has 0 radical (unpaired) electrons. The van der Waals surface area contributed by atoms with Crippen LogP contribution in [0.1, 0.15) is 26.3 Å². The SMILES string of the molecule is CCN1CCN(C2=C(c3ccc(F)cc3)C(=O)N(c3ccc(OC(C)C)cc3)C2=O)CC1. The molecule has 2 heterocycles. The van der Waals surface area contributed by atoms with Gasteiger partial charge in [0.05, 0.1) is 17.4 Å². The summed E-state index contributed by atoms with van der Waals surface area (Å²) in [6.07, 6.45) is 0.0241. The van der Waals surface area contributed by atoms with Gasteiger partial charge in [-0.2, -0.15) is 0 Å². The smallest absolute Gasteiger partial charge is 0.282 e. The second-order valence-electron chi connectivity index (χ2n) is 8.26. The number of rotatable bonds is 6. The predicted molar refractivity (Wildman–Crippen MR) is 122 cm³/mol. The van der Waals surface area contributed by atoms with Gasteiger partial charge in [-0.1, -0.05) is 19.1 Å². The van der Waals surface area contributed by atoms with Crippen molar-refractivity contribution in [2.75, 3.05) is 37.6 Å². The molecule has 2 aromatic rings. The van der Waals surface area contributed by atoms with Crippen LogP contribution in [0.3, 0.4) is 0 Å². The van der Waals surface area contributed by atoms with E-state index in [1.165, 1.54) is 17.0 Å². The summed E-state index contributed by atoms with van der Waals surface area (Å²) in [7, 11) is 0. The number of halogens is 1. The van der Waals surface area contributed by atoms with Crippen molar-refractivity contribution in [1.82, 2.24) is 9.80 Å². The van der Waals surface area contributed by atoms with Crippen molar-refractivity contribution < 1.29 is 18.7 Å². The number of likely N-dealkylation sites (N-methyl/N-ethyl adjacent to an activating group) is 1. The van der Waals surface area contributed by atoms with Crippen molar-refractivity contribution >= 4 is 23.1 Å². The van der Waals surface area contributed by atoms with Gasteiger partial charge in [-0.05, 0) is 62.4 Å². The third-order valence-corrected chi connectivity index (χ3v) is 5.79. The van der Waals surface area contributed by atoms with Crippen molar-refractivity contribution in [2.24, 2.45) is 0 Å². The third kappa shape index (κ3) is 4.25. The van der Waals surface area contributed by atoms with Crippen LogP contribution in [0.15, 0.2) is 54.2 Å². The van der Waals surface area contributed by atoms with Gasteiger partial charge in [-0.3, -0.25) is 9.59 Å². The Bertz CT molecular complexity index is 1020. The van der Waals surface area contributed by atoms with Gasteiger partial charge in [-0.15, -0.1) is 0 Å². The monoisotopic (exact) mass is 437 g/mol. The van der Waals surface area contributed by atoms with E-state index < -0.39 is 5.91 Å². The van der Waals surface area contributed by atoms with E-state index in [-0.39, 0.29) is 17.8 Å². The normalized spacial score (nSPS) is 17.7. The summed E-state index contributed by atoms with van der Waals surface area (Å²) in [6.45, 7) is 9.87. The molecule has 0 aromatic heterocycles. The molecule has 2 amide bonds. The number of piperazine rings is 1. The van der Waals surface area contributed by atoms with Crippen LogP contribution in [0.4, 0.5) is 10.1 Å². The molecule has 32 heavy (non-hydrogen) atoms. The van der Waals surface area contributed by atoms with E-state index in [0.717, 1.165) is 19.6 Å². The van der Waals surface area contributed by atoms with Crippen LogP contribution in [-0.2, 0) is 9.59 Å². The Labute approximate surface area is 187 Å². The number of amides is 2. The van der Waals surface area contributed by atoms with Gasteiger partial charge in [0.15, 0.2) is 0 Å². The lowest BCUT2D eigenvalue weighted by Gasteiger charge is -2.36. The molecule has 0 unspecified atom stereocenters. The lowest BCUT2D eigenvalue weighted by Crippen LogP contribution is -2.47. The summed E-state index contributed by atoms with van der Waals surface area (Å²) in [5, 5.41) is 0. The number of carbonyl (C=O) groups is 2. The highest BCUT2D eigenvalue weighted by molar-refractivity contribution is 6.45. The van der Waals surface area contributed by atoms with E-state index in [2.05, 4.69) is 11.8 Å². The Hall–Kier alpha value is -3.19. The number of hydrogen-bond donors (Lipinski definition) is 0. The zero-order valence-corrected chi connectivity index (χ0v) is 18.7. The Kier molecular flexibility index (Phi) is 6.28. The number of hydrogen-bond acceptors (Lipinski definition) is 5. The average Bonchev–Trinajstić information content (AvgIpc) is 3.05. The number of benzene rings is 2. The zero-order valence-electron chi connectivity index (χ0n) is 18.7. The molecule has 2 aliphatic rings. The molecule has 0 atom stereocenters. The number of anilines is 1. The lowest BCUT2D eigenvalue weighted by atomic mass is 10.0. The van der Waals surface area contributed by atoms with E-state index in [1.54, 1.807) is 36.4 Å². The minimum atomic E-state index is -0.396. The van der Waals surface area contributed by atoms with Crippen LogP contribution in [0.2, 0.25) is 0 Å². The second-order valence-corrected chi connectivity index (χ2v) is 8.26. The van der Waals surface area contributed by atoms with Gasteiger partial charge in [0.25, 0.3) is 11.8 Å². The van der Waals surface area contributed by atoms with Crippen LogP contribution in [-0.4, -0.2) is 60.4 Å². The third-order valence-electron chi connectivity index (χ3n) is 5.79. The first-order chi connectivity index (χ1) is 15.4. The summed E-state index contributed by atoms with van der Waals surface area (Å²) in [5.74, 6) is -0.462. The topological polar surface area (TPSA) is 53.1 Å². The quantitative estimate of drug-likeness (QED) is 0.647. The number of ether oxygens (including phenoxy) is 1. The van der Waals surface area contributed by atoms with Gasteiger partial charge in [0, 0.05) is 26.2 Å². The summed E-state index contributed by atoms with van der Waals surface area (Å²) in [4.78, 5) is 32.6. The van der Waals surface area contributed by atoms with Crippen molar-refractivity contribution in [3.05, 3.63) is 65.6 Å². The first-order valence-corrected chi connectivity index (χ1v) is 11.0. The molecule has 1 fully saturated rings. The first-order valence-electron chi connectivity index (χ1n) is 11.0. The summed E-state index contributed by atoms with van der Waals surface area (Å²) in [5.41, 5.74) is 1.74. The molecule has 4 rings (SSSR count). The van der Waals surface area contributed by atoms with Crippen LogP contribution < -0.4 is 9.64 Å². The fraction of sp³-hybridized carbons (Fsp3) is 0.360. The summed E-state index contributed by atoms with van der Waals surface area (Å²) >= 11 is 0. The maximum atomic E-state index is 13.6. The molecule has 0 bridgehead atoms. The molecular weight excluding hydrogens is 409 g/mol. The van der Waals surface area contributed by atoms with E-state index in [1.807, 2.05) is 18.7 Å². The van der Waals surface area contributed by atoms with Gasteiger partial charge in [0.1, 0.15) is 17.3 Å². The van der Waals surface area contributed by atoms with Crippen molar-refractivity contribution in [3.63, 3.8) is 0 Å². The molecule has 0 aliphatic carbocycles. The molecule has 0 saturated carbocycles. The number of nitrogens with zero attached hydrogens (tertiary/aromatic N) is 3. The molecule has 7 heteroatoms. The Morgan fingerprint density at radius 3 is 2.09 bits per heavy atom. The molecular formula is C25H28FN3O3. The summed E-state index contributed by atoms with van der Waals surface area (Å²) < 4.78 is 19.2. The van der Waals surface area contributed by atoms with Gasteiger partial charge in [-0.25, -0.2) is 9.29 Å². The highest BCUT2D eigenvalue weighted by atomic mass is 19.1. The van der Waals surface area contributed by atoms with Crippen LogP contribution in [0, 0.1) is 5.82 Å². The maximum Gasteiger partial charge on any atom is 0.282 e. The largest absolute Gasteiger partial charge is 0.491 e. The van der Waals surface area contributed by atoms with Gasteiger partial charge >= 0.3 is 0 Å².